The molecule has 1 unspecified atom stereocenters. The molecule has 1 aromatic rings. The monoisotopic (exact) mass is 453 g/mol. The molecule has 4 N–H and O–H groups in total. The molecular formula is C21H33F2N7O2. The zero-order chi connectivity index (χ0) is 23.2. The van der Waals surface area contributed by atoms with Crippen molar-refractivity contribution in [2.24, 2.45) is 5.92 Å². The van der Waals surface area contributed by atoms with Crippen LogP contribution in [0.1, 0.15) is 45.2 Å². The molecule has 0 radical (unpaired) electrons. The number of likely N-dealkylation sites (N-methyl/N-ethyl adjacent to an activating group) is 1. The van der Waals surface area contributed by atoms with E-state index in [0.29, 0.717) is 5.95 Å². The Balaban J connectivity index is 1.32. The number of hydrogen-bond donors (Lipinski definition) is 4. The van der Waals surface area contributed by atoms with E-state index in [4.69, 9.17) is 0 Å². The summed E-state index contributed by atoms with van der Waals surface area (Å²) in [6, 6.07) is -0.249. The van der Waals surface area contributed by atoms with E-state index >= 15 is 0 Å². The van der Waals surface area contributed by atoms with Crippen molar-refractivity contribution in [3.8, 4) is 0 Å². The van der Waals surface area contributed by atoms with Crippen LogP contribution in [0.25, 0.3) is 0 Å². The highest BCUT2D eigenvalue weighted by Gasteiger charge is 2.38. The summed E-state index contributed by atoms with van der Waals surface area (Å²) in [5.74, 6) is -1.17. The number of aliphatic hydroxyl groups is 1. The van der Waals surface area contributed by atoms with Crippen LogP contribution in [0.2, 0.25) is 0 Å². The number of carbonyl (C=O) groups is 1. The van der Waals surface area contributed by atoms with Gasteiger partial charge in [0.2, 0.25) is 5.95 Å². The largest absolute Gasteiger partial charge is 0.372 e. The highest BCUT2D eigenvalue weighted by atomic mass is 19.3. The number of aromatic nitrogens is 2. The quantitative estimate of drug-likeness (QED) is 0.555. The second kappa shape index (κ2) is 8.49. The molecule has 3 aliphatic rings. The molecule has 1 aromatic heterocycles. The van der Waals surface area contributed by atoms with Crippen LogP contribution in [0, 0.1) is 12.8 Å². The Labute approximate surface area is 187 Å². The van der Waals surface area contributed by atoms with Gasteiger partial charge in [-0.05, 0) is 25.7 Å². The summed E-state index contributed by atoms with van der Waals surface area (Å²) < 4.78 is 26.6. The molecule has 2 aliphatic heterocycles. The molecule has 32 heavy (non-hydrogen) atoms. The number of fused-ring (bicyclic) bond motifs is 1. The number of anilines is 3. The molecule has 0 bridgehead atoms. The molecule has 1 saturated carbocycles. The van der Waals surface area contributed by atoms with E-state index in [1.807, 2.05) is 18.9 Å². The zero-order valence-electron chi connectivity index (χ0n) is 19.0. The van der Waals surface area contributed by atoms with Gasteiger partial charge in [0.15, 0.2) is 5.82 Å². The predicted octanol–water partition coefficient (Wildman–Crippen LogP) is 2.37. The number of rotatable bonds is 4. The van der Waals surface area contributed by atoms with Crippen molar-refractivity contribution < 1.29 is 18.7 Å². The lowest BCUT2D eigenvalue weighted by atomic mass is 9.87. The van der Waals surface area contributed by atoms with Gasteiger partial charge >= 0.3 is 6.03 Å². The summed E-state index contributed by atoms with van der Waals surface area (Å²) in [5.41, 5.74) is 1.48. The summed E-state index contributed by atoms with van der Waals surface area (Å²) in [6.07, 6.45) is 0.188. The normalized spacial score (nSPS) is 29.1. The van der Waals surface area contributed by atoms with Gasteiger partial charge in [0.25, 0.3) is 5.92 Å². The van der Waals surface area contributed by atoms with Crippen molar-refractivity contribution in [2.45, 2.75) is 76.7 Å². The molecule has 3 heterocycles. The molecule has 2 atom stereocenters. The van der Waals surface area contributed by atoms with Crippen LogP contribution in [0.3, 0.4) is 0 Å². The van der Waals surface area contributed by atoms with Gasteiger partial charge in [0.05, 0.1) is 11.7 Å². The molecule has 1 saturated heterocycles. The molecule has 11 heteroatoms. The smallest absolute Gasteiger partial charge is 0.317 e. The molecule has 2 fully saturated rings. The predicted molar refractivity (Wildman–Crippen MR) is 118 cm³/mol. The molecule has 178 valence electrons. The summed E-state index contributed by atoms with van der Waals surface area (Å²) in [7, 11) is 1.93. The molecule has 4 rings (SSSR count). The van der Waals surface area contributed by atoms with Crippen molar-refractivity contribution in [3.05, 3.63) is 5.69 Å². The van der Waals surface area contributed by atoms with E-state index < -0.39 is 12.2 Å². The van der Waals surface area contributed by atoms with E-state index in [1.165, 1.54) is 4.90 Å². The van der Waals surface area contributed by atoms with Gasteiger partial charge < -0.3 is 30.9 Å². The Hall–Kier alpha value is -2.43. The number of hydrogen-bond acceptors (Lipinski definition) is 7. The maximum Gasteiger partial charge on any atom is 0.317 e. The Bertz CT molecular complexity index is 853. The number of halogens is 2. The van der Waals surface area contributed by atoms with Crippen molar-refractivity contribution in [1.29, 1.82) is 0 Å². The Morgan fingerprint density at radius 1 is 1.22 bits per heavy atom. The summed E-state index contributed by atoms with van der Waals surface area (Å²) >= 11 is 0. The Kier molecular flexibility index (Phi) is 6.04. The topological polar surface area (TPSA) is 106 Å². The number of carbonyl (C=O) groups excluding carboxylic acids is 1. The number of nitrogens with one attached hydrogen (secondary N) is 3. The van der Waals surface area contributed by atoms with E-state index in [2.05, 4.69) is 39.8 Å². The minimum absolute atomic E-state index is 0.00553. The van der Waals surface area contributed by atoms with Gasteiger partial charge in [-0.1, -0.05) is 13.8 Å². The molecule has 2 amide bonds. The number of aliphatic hydroxyl groups excluding tert-OH is 1. The number of urea groups is 1. The van der Waals surface area contributed by atoms with Crippen LogP contribution >= 0.6 is 0 Å². The fourth-order valence-electron chi connectivity index (χ4n) is 4.78. The third-order valence-electron chi connectivity index (χ3n) is 6.73. The SMILES string of the molecule is Cc1nc(N[C@H]2C[C@@H](NC(=O)N3CCC(F)(F)CC3)C2)nc2c1NC(O)[C@H](C(C)C)N2C. The highest BCUT2D eigenvalue weighted by Crippen LogP contribution is 2.36. The summed E-state index contributed by atoms with van der Waals surface area (Å²) in [4.78, 5) is 25.0. The van der Waals surface area contributed by atoms with Gasteiger partial charge in [0.1, 0.15) is 11.9 Å². The average molecular weight is 454 g/mol. The van der Waals surface area contributed by atoms with Gasteiger partial charge in [-0.15, -0.1) is 0 Å². The van der Waals surface area contributed by atoms with Crippen LogP contribution in [0.5, 0.6) is 0 Å². The third-order valence-corrected chi connectivity index (χ3v) is 6.73. The van der Waals surface area contributed by atoms with Gasteiger partial charge in [-0.25, -0.2) is 18.6 Å². The van der Waals surface area contributed by atoms with Gasteiger partial charge in [0, 0.05) is 45.1 Å². The van der Waals surface area contributed by atoms with Gasteiger partial charge in [-0.2, -0.15) is 4.98 Å². The van der Waals surface area contributed by atoms with E-state index in [1.54, 1.807) is 0 Å². The van der Waals surface area contributed by atoms with Crippen LogP contribution in [0.4, 0.5) is 31.0 Å². The van der Waals surface area contributed by atoms with Crippen LogP contribution in [0.15, 0.2) is 0 Å². The lowest BCUT2D eigenvalue weighted by molar-refractivity contribution is -0.0472. The summed E-state index contributed by atoms with van der Waals surface area (Å²) in [6.45, 7) is 6.16. The second-order valence-electron chi connectivity index (χ2n) is 9.57. The fourth-order valence-corrected chi connectivity index (χ4v) is 4.78. The first kappa shape index (κ1) is 22.8. The number of alkyl halides is 2. The van der Waals surface area contributed by atoms with Crippen LogP contribution < -0.4 is 20.9 Å². The molecule has 0 spiro atoms. The number of piperidine rings is 1. The minimum Gasteiger partial charge on any atom is -0.372 e. The molecule has 1 aliphatic carbocycles. The van der Waals surface area contributed by atoms with E-state index in [9.17, 15) is 18.7 Å². The Morgan fingerprint density at radius 2 is 1.88 bits per heavy atom. The van der Waals surface area contributed by atoms with Crippen molar-refractivity contribution >= 4 is 23.5 Å². The van der Waals surface area contributed by atoms with Crippen LogP contribution in [-0.2, 0) is 0 Å². The van der Waals surface area contributed by atoms with E-state index in [0.717, 1.165) is 30.0 Å². The Morgan fingerprint density at radius 3 is 2.50 bits per heavy atom. The maximum absolute atomic E-state index is 13.3. The van der Waals surface area contributed by atoms with Crippen molar-refractivity contribution in [2.75, 3.05) is 35.7 Å². The lowest BCUT2D eigenvalue weighted by Gasteiger charge is -2.42. The minimum atomic E-state index is -2.66. The fraction of sp³-hybridized carbons (Fsp3) is 0.762. The first-order valence-electron chi connectivity index (χ1n) is 11.3. The second-order valence-corrected chi connectivity index (χ2v) is 9.57. The summed E-state index contributed by atoms with van der Waals surface area (Å²) in [5, 5.41) is 19.9. The molecule has 9 nitrogen and oxygen atoms in total. The zero-order valence-corrected chi connectivity index (χ0v) is 19.0. The molecule has 0 aromatic carbocycles. The standard InChI is InChI=1S/C21H33F2N7O2/c1-11(2)16-18(31)27-15-12(3)24-19(28-17(15)29(16)4)25-13-9-14(10-13)26-20(32)30-7-5-21(22,23)6-8-30/h11,13-14,16,18,27,31H,5-10H2,1-4H3,(H,26,32)(H,24,25,28)/t13-,14+,16-,18?/m0/s1. The van der Waals surface area contributed by atoms with Crippen LogP contribution in [-0.4, -0.2) is 76.4 Å². The first-order chi connectivity index (χ1) is 15.0. The first-order valence-corrected chi connectivity index (χ1v) is 11.3. The maximum atomic E-state index is 13.3. The van der Waals surface area contributed by atoms with Gasteiger partial charge in [-0.3, -0.25) is 0 Å². The average Bonchev–Trinajstić information content (AvgIpc) is 2.67. The number of likely N-dealkylation sites (tertiary alicyclic amines) is 1. The number of amides is 2. The number of nitrogens with zero attached hydrogens (tertiary/aromatic N) is 4. The molecular weight excluding hydrogens is 420 g/mol. The number of aryl methyl sites for hydroxylation is 1. The third kappa shape index (κ3) is 4.53. The lowest BCUT2D eigenvalue weighted by Crippen LogP contribution is -2.55. The highest BCUT2D eigenvalue weighted by molar-refractivity contribution is 5.75. The van der Waals surface area contributed by atoms with Crippen molar-refractivity contribution in [3.63, 3.8) is 0 Å². The van der Waals surface area contributed by atoms with Crippen molar-refractivity contribution in [1.82, 2.24) is 20.2 Å². The van der Waals surface area contributed by atoms with E-state index in [-0.39, 0.29) is 56.0 Å².